The van der Waals surface area contributed by atoms with Crippen molar-refractivity contribution in [1.82, 2.24) is 0 Å². The number of halogens is 2. The van der Waals surface area contributed by atoms with E-state index in [2.05, 4.69) is 6.58 Å². The summed E-state index contributed by atoms with van der Waals surface area (Å²) >= 11 is 6.93. The zero-order valence-electron chi connectivity index (χ0n) is 8.05. The number of benzene rings is 1. The Morgan fingerprint density at radius 1 is 1.62 bits per heavy atom. The maximum absolute atomic E-state index is 13.6. The predicted octanol–water partition coefficient (Wildman–Crippen LogP) is 3.79. The van der Waals surface area contributed by atoms with E-state index >= 15 is 0 Å². The minimum atomic E-state index is -0.469. The molecule has 0 bridgehead atoms. The Bertz CT molecular complexity index is 640. The van der Waals surface area contributed by atoms with Crippen molar-refractivity contribution in [1.29, 1.82) is 5.26 Å². The van der Waals surface area contributed by atoms with Gasteiger partial charge in [-0.3, -0.25) is 0 Å². The molecule has 1 heterocycles. The molecule has 5 heteroatoms. The highest BCUT2D eigenvalue weighted by molar-refractivity contribution is 7.23. The van der Waals surface area contributed by atoms with Crippen molar-refractivity contribution in [3.63, 3.8) is 0 Å². The molecule has 0 saturated heterocycles. The first-order valence-corrected chi connectivity index (χ1v) is 5.52. The summed E-state index contributed by atoms with van der Waals surface area (Å²) in [5, 5.41) is 9.96. The molecule has 0 radical (unpaired) electrons. The van der Waals surface area contributed by atoms with Crippen LogP contribution in [0.5, 0.6) is 0 Å². The molecule has 80 valence electrons. The molecular formula is C11H6ClFN2S. The molecule has 0 saturated carbocycles. The first-order valence-electron chi connectivity index (χ1n) is 4.32. The molecule has 2 N–H and O–H groups in total. The van der Waals surface area contributed by atoms with Gasteiger partial charge < -0.3 is 5.73 Å². The summed E-state index contributed by atoms with van der Waals surface area (Å²) in [4.78, 5) is 0. The Labute approximate surface area is 100 Å². The molecule has 2 nitrogen and oxygen atoms in total. The van der Waals surface area contributed by atoms with Crippen molar-refractivity contribution in [3.05, 3.63) is 34.6 Å². The highest BCUT2D eigenvalue weighted by atomic mass is 35.5. The number of nitriles is 1. The van der Waals surface area contributed by atoms with Crippen LogP contribution < -0.4 is 5.73 Å². The third-order valence-corrected chi connectivity index (χ3v) is 3.59. The maximum Gasteiger partial charge on any atom is 0.142 e. The molecular weight excluding hydrogens is 247 g/mol. The molecule has 0 unspecified atom stereocenters. The van der Waals surface area contributed by atoms with E-state index in [1.54, 1.807) is 0 Å². The van der Waals surface area contributed by atoms with Gasteiger partial charge in [0.15, 0.2) is 0 Å². The zero-order chi connectivity index (χ0) is 11.9. The van der Waals surface area contributed by atoms with Gasteiger partial charge in [0.1, 0.15) is 16.9 Å². The highest BCUT2D eigenvalue weighted by Gasteiger charge is 2.17. The highest BCUT2D eigenvalue weighted by Crippen LogP contribution is 2.40. The summed E-state index contributed by atoms with van der Waals surface area (Å²) in [5.41, 5.74) is 6.46. The number of hydrogen-bond acceptors (Lipinski definition) is 3. The summed E-state index contributed by atoms with van der Waals surface area (Å²) in [5.74, 6) is -0.469. The fourth-order valence-electron chi connectivity index (χ4n) is 1.56. The van der Waals surface area contributed by atoms with Gasteiger partial charge in [0.05, 0.1) is 15.3 Å². The topological polar surface area (TPSA) is 49.8 Å². The van der Waals surface area contributed by atoms with Crippen LogP contribution in [0.15, 0.2) is 12.6 Å². The largest absolute Gasteiger partial charge is 0.389 e. The lowest BCUT2D eigenvalue weighted by Crippen LogP contribution is -1.86. The van der Waals surface area contributed by atoms with E-state index in [1.807, 2.05) is 6.07 Å². The Balaban J connectivity index is 3.08. The average molecular weight is 253 g/mol. The second-order valence-corrected chi connectivity index (χ2v) is 4.57. The van der Waals surface area contributed by atoms with Crippen molar-refractivity contribution >= 4 is 44.1 Å². The predicted molar refractivity (Wildman–Crippen MR) is 66.0 cm³/mol. The van der Waals surface area contributed by atoms with Crippen LogP contribution in [-0.4, -0.2) is 0 Å². The van der Waals surface area contributed by atoms with Gasteiger partial charge in [0, 0.05) is 10.9 Å². The van der Waals surface area contributed by atoms with Crippen LogP contribution >= 0.6 is 22.9 Å². The van der Waals surface area contributed by atoms with Crippen LogP contribution in [0.25, 0.3) is 16.2 Å². The molecule has 2 rings (SSSR count). The van der Waals surface area contributed by atoms with E-state index in [0.29, 0.717) is 20.7 Å². The van der Waals surface area contributed by atoms with Gasteiger partial charge in [0.25, 0.3) is 0 Å². The smallest absolute Gasteiger partial charge is 0.142 e. The first kappa shape index (κ1) is 10.9. The lowest BCUT2D eigenvalue weighted by molar-refractivity contribution is 0.641. The number of nitrogens with two attached hydrogens (primary N) is 1. The van der Waals surface area contributed by atoms with Crippen LogP contribution in [0.4, 0.5) is 9.39 Å². The normalized spacial score (nSPS) is 10.3. The van der Waals surface area contributed by atoms with Gasteiger partial charge in [-0.15, -0.1) is 11.3 Å². The molecule has 1 aromatic carbocycles. The number of anilines is 1. The van der Waals surface area contributed by atoms with Gasteiger partial charge in [-0.05, 0) is 6.07 Å². The Hall–Kier alpha value is -1.57. The molecule has 0 fully saturated rings. The summed E-state index contributed by atoms with van der Waals surface area (Å²) < 4.78 is 14.0. The van der Waals surface area contributed by atoms with Crippen LogP contribution in [-0.2, 0) is 0 Å². The Morgan fingerprint density at radius 3 is 2.88 bits per heavy atom. The maximum atomic E-state index is 13.6. The van der Waals surface area contributed by atoms with Crippen molar-refractivity contribution in [3.8, 4) is 6.07 Å². The number of fused-ring (bicyclic) bond motifs is 1. The van der Waals surface area contributed by atoms with E-state index in [4.69, 9.17) is 22.6 Å². The van der Waals surface area contributed by atoms with Crippen LogP contribution in [0, 0.1) is 17.1 Å². The lowest BCUT2D eigenvalue weighted by Gasteiger charge is -2.02. The SMILES string of the molecule is C=Cc1c(Cl)cc(F)c2sc(N)c(C#N)c12. The fraction of sp³-hybridized carbons (Fsp3) is 0. The van der Waals surface area contributed by atoms with Gasteiger partial charge in [-0.25, -0.2) is 4.39 Å². The average Bonchev–Trinajstić information content (AvgIpc) is 2.56. The molecule has 2 aromatic rings. The fourth-order valence-corrected chi connectivity index (χ4v) is 2.77. The quantitative estimate of drug-likeness (QED) is 0.839. The number of thiophene rings is 1. The third-order valence-electron chi connectivity index (χ3n) is 2.25. The Kier molecular flexibility index (Phi) is 2.58. The lowest BCUT2D eigenvalue weighted by atomic mass is 10.1. The number of hydrogen-bond donors (Lipinski definition) is 1. The van der Waals surface area contributed by atoms with Crippen molar-refractivity contribution < 1.29 is 4.39 Å². The minimum absolute atomic E-state index is 0.231. The number of rotatable bonds is 1. The summed E-state index contributed by atoms with van der Waals surface area (Å²) in [7, 11) is 0. The molecule has 0 aliphatic heterocycles. The molecule has 16 heavy (non-hydrogen) atoms. The first-order chi connectivity index (χ1) is 7.60. The second-order valence-electron chi connectivity index (χ2n) is 3.12. The van der Waals surface area contributed by atoms with Crippen LogP contribution in [0.3, 0.4) is 0 Å². The molecule has 0 spiro atoms. The number of nitrogen functional groups attached to an aromatic ring is 1. The Morgan fingerprint density at radius 2 is 2.31 bits per heavy atom. The van der Waals surface area contributed by atoms with E-state index < -0.39 is 5.82 Å². The molecule has 0 aliphatic carbocycles. The van der Waals surface area contributed by atoms with Crippen LogP contribution in [0.2, 0.25) is 5.02 Å². The molecule has 0 aliphatic rings. The van der Waals surface area contributed by atoms with Crippen molar-refractivity contribution in [2.75, 3.05) is 5.73 Å². The third kappa shape index (κ3) is 1.37. The van der Waals surface area contributed by atoms with E-state index in [-0.39, 0.29) is 10.6 Å². The van der Waals surface area contributed by atoms with Crippen molar-refractivity contribution in [2.45, 2.75) is 0 Å². The molecule has 1 aromatic heterocycles. The van der Waals surface area contributed by atoms with E-state index in [9.17, 15) is 4.39 Å². The van der Waals surface area contributed by atoms with E-state index in [0.717, 1.165) is 11.3 Å². The summed E-state index contributed by atoms with van der Waals surface area (Å²) in [6.45, 7) is 3.60. The summed E-state index contributed by atoms with van der Waals surface area (Å²) in [6, 6.07) is 3.17. The van der Waals surface area contributed by atoms with E-state index in [1.165, 1.54) is 12.1 Å². The monoisotopic (exact) mass is 252 g/mol. The summed E-state index contributed by atoms with van der Waals surface area (Å²) in [6.07, 6.45) is 1.50. The number of nitrogens with zero attached hydrogens (tertiary/aromatic N) is 1. The van der Waals surface area contributed by atoms with Gasteiger partial charge >= 0.3 is 0 Å². The zero-order valence-corrected chi connectivity index (χ0v) is 9.62. The standard InChI is InChI=1S/C11H6ClFN2S/c1-2-5-7(12)3-8(13)10-9(5)6(4-14)11(15)16-10/h2-3H,1,15H2. The van der Waals surface area contributed by atoms with Crippen molar-refractivity contribution in [2.24, 2.45) is 0 Å². The van der Waals surface area contributed by atoms with Gasteiger partial charge in [-0.1, -0.05) is 24.3 Å². The van der Waals surface area contributed by atoms with Gasteiger partial charge in [0.2, 0.25) is 0 Å². The molecule has 0 amide bonds. The second kappa shape index (κ2) is 3.78. The van der Waals surface area contributed by atoms with Crippen LogP contribution in [0.1, 0.15) is 11.1 Å². The molecule has 0 atom stereocenters. The van der Waals surface area contributed by atoms with Gasteiger partial charge in [-0.2, -0.15) is 5.26 Å². The minimum Gasteiger partial charge on any atom is -0.389 e.